The number of para-hydroxylation sites is 2. The number of fused-ring (bicyclic) bond motifs is 1. The maximum Gasteiger partial charge on any atom is 0.164 e. The smallest absolute Gasteiger partial charge is 0.164 e. The number of imidazole rings is 1. The Labute approximate surface area is 165 Å². The maximum absolute atomic E-state index is 10.4. The van der Waals surface area contributed by atoms with Gasteiger partial charge in [-0.05, 0) is 36.2 Å². The minimum absolute atomic E-state index is 0.158. The lowest BCUT2D eigenvalue weighted by Crippen LogP contribution is -2.37. The highest BCUT2D eigenvalue weighted by atomic mass is 35.5. The van der Waals surface area contributed by atoms with Crippen molar-refractivity contribution in [2.24, 2.45) is 0 Å². The summed E-state index contributed by atoms with van der Waals surface area (Å²) in [6.45, 7) is 0.405. The van der Waals surface area contributed by atoms with Crippen LogP contribution in [0.5, 0.6) is 0 Å². The van der Waals surface area contributed by atoms with Crippen molar-refractivity contribution in [1.82, 2.24) is 20.2 Å². The van der Waals surface area contributed by atoms with Crippen molar-refractivity contribution >= 4 is 45.8 Å². The van der Waals surface area contributed by atoms with Crippen molar-refractivity contribution in [3.05, 3.63) is 63.9 Å². The zero-order chi connectivity index (χ0) is 18.3. The Hall–Kier alpha value is -1.34. The lowest BCUT2D eigenvalue weighted by molar-refractivity contribution is 0.00930. The summed E-state index contributed by atoms with van der Waals surface area (Å²) in [6.07, 6.45) is -0.278. The third-order valence-corrected chi connectivity index (χ3v) is 5.69. The van der Waals surface area contributed by atoms with Crippen molar-refractivity contribution in [1.29, 1.82) is 0 Å². The van der Waals surface area contributed by atoms with Crippen molar-refractivity contribution in [3.63, 3.8) is 0 Å². The third-order valence-electron chi connectivity index (χ3n) is 4.55. The van der Waals surface area contributed by atoms with E-state index in [1.54, 1.807) is 17.0 Å². The Morgan fingerprint density at radius 1 is 1.15 bits per heavy atom. The van der Waals surface area contributed by atoms with Gasteiger partial charge in [0.2, 0.25) is 0 Å². The first-order chi connectivity index (χ1) is 12.5. The number of halogens is 3. The summed E-state index contributed by atoms with van der Waals surface area (Å²) >= 11 is 18.8. The van der Waals surface area contributed by atoms with Gasteiger partial charge >= 0.3 is 0 Å². The number of rotatable bonds is 4. The highest BCUT2D eigenvalue weighted by molar-refractivity contribution is 6.35. The van der Waals surface area contributed by atoms with E-state index < -0.39 is 11.9 Å². The highest BCUT2D eigenvalue weighted by Gasteiger charge is 2.39. The number of aromatic amines is 1. The van der Waals surface area contributed by atoms with Crippen LogP contribution in [0.15, 0.2) is 42.5 Å². The monoisotopic (exact) mass is 410 g/mol. The summed E-state index contributed by atoms with van der Waals surface area (Å²) in [7, 11) is 0. The predicted octanol–water partition coefficient (Wildman–Crippen LogP) is 3.73. The molecule has 0 saturated carbocycles. The maximum atomic E-state index is 10.4. The first kappa shape index (κ1) is 18.0. The Morgan fingerprint density at radius 3 is 2.73 bits per heavy atom. The fraction of sp³-hybridized carbons (Fsp3) is 0.278. The van der Waals surface area contributed by atoms with Gasteiger partial charge in [-0.15, -0.1) is 11.6 Å². The molecule has 1 aliphatic rings. The van der Waals surface area contributed by atoms with Crippen LogP contribution in [-0.2, 0) is 13.0 Å². The molecule has 2 aromatic carbocycles. The van der Waals surface area contributed by atoms with Crippen LogP contribution in [0.1, 0.15) is 11.4 Å². The molecular weight excluding hydrogens is 395 g/mol. The van der Waals surface area contributed by atoms with E-state index in [4.69, 9.17) is 34.8 Å². The molecule has 0 aliphatic carbocycles. The van der Waals surface area contributed by atoms with Crippen LogP contribution in [0.25, 0.3) is 11.0 Å². The normalized spacial score (nSPS) is 23.8. The number of aromatic nitrogens is 2. The van der Waals surface area contributed by atoms with E-state index in [0.29, 0.717) is 23.0 Å². The van der Waals surface area contributed by atoms with Crippen LogP contribution in [0, 0.1) is 0 Å². The van der Waals surface area contributed by atoms with Crippen LogP contribution in [-0.4, -0.2) is 37.9 Å². The predicted molar refractivity (Wildman–Crippen MR) is 104 cm³/mol. The summed E-state index contributed by atoms with van der Waals surface area (Å²) in [6, 6.07) is 13.0. The average Bonchev–Trinajstić information content (AvgIpc) is 3.13. The van der Waals surface area contributed by atoms with Gasteiger partial charge < -0.3 is 10.1 Å². The van der Waals surface area contributed by atoms with Gasteiger partial charge in [0.25, 0.3) is 0 Å². The second-order valence-electron chi connectivity index (χ2n) is 6.33. The summed E-state index contributed by atoms with van der Waals surface area (Å²) in [5.41, 5.74) is 2.36. The fourth-order valence-corrected chi connectivity index (χ4v) is 4.06. The minimum atomic E-state index is -0.859. The van der Waals surface area contributed by atoms with Gasteiger partial charge in [0, 0.05) is 16.1 Å². The van der Waals surface area contributed by atoms with Gasteiger partial charge in [0.05, 0.1) is 17.6 Å². The molecule has 1 fully saturated rings. The molecule has 8 heteroatoms. The largest absolute Gasteiger partial charge is 0.365 e. The van der Waals surface area contributed by atoms with Crippen molar-refractivity contribution in [2.45, 2.75) is 30.9 Å². The van der Waals surface area contributed by atoms with E-state index in [0.717, 1.165) is 22.4 Å². The Bertz CT molecular complexity index is 899. The third kappa shape index (κ3) is 3.56. The molecule has 3 atom stereocenters. The molecule has 26 heavy (non-hydrogen) atoms. The molecule has 5 nitrogen and oxygen atoms in total. The molecule has 0 bridgehead atoms. The van der Waals surface area contributed by atoms with E-state index in [1.807, 2.05) is 30.3 Å². The van der Waals surface area contributed by atoms with Crippen molar-refractivity contribution < 1.29 is 5.11 Å². The SMILES string of the molecule is OC1N[C@@H](Cc2ccc(Cl)cc2Cl)C(Cl)N1Cc1nc2ccccc2[nH]1. The Balaban J connectivity index is 1.49. The van der Waals surface area contributed by atoms with E-state index in [1.165, 1.54) is 0 Å². The average molecular weight is 412 g/mol. The highest BCUT2D eigenvalue weighted by Crippen LogP contribution is 2.28. The Morgan fingerprint density at radius 2 is 1.96 bits per heavy atom. The second-order valence-corrected chi connectivity index (χ2v) is 7.62. The number of H-pyrrole nitrogens is 1. The molecule has 1 aliphatic heterocycles. The lowest BCUT2D eigenvalue weighted by atomic mass is 10.1. The van der Waals surface area contributed by atoms with Crippen LogP contribution in [0.2, 0.25) is 10.0 Å². The minimum Gasteiger partial charge on any atom is -0.365 e. The molecule has 136 valence electrons. The first-order valence-electron chi connectivity index (χ1n) is 8.23. The lowest BCUT2D eigenvalue weighted by Gasteiger charge is -2.22. The van der Waals surface area contributed by atoms with E-state index in [-0.39, 0.29) is 6.04 Å². The second kappa shape index (κ2) is 7.35. The molecule has 1 aromatic heterocycles. The molecular formula is C18H17Cl3N4O. The summed E-state index contributed by atoms with van der Waals surface area (Å²) in [4.78, 5) is 9.56. The molecule has 0 amide bonds. The number of nitrogens with one attached hydrogen (secondary N) is 2. The number of aliphatic hydroxyl groups excluding tert-OH is 1. The number of benzene rings is 2. The number of nitrogens with zero attached hydrogens (tertiary/aromatic N) is 2. The van der Waals surface area contributed by atoms with Crippen LogP contribution >= 0.6 is 34.8 Å². The van der Waals surface area contributed by atoms with Crippen LogP contribution in [0.4, 0.5) is 0 Å². The van der Waals surface area contributed by atoms with Gasteiger partial charge in [-0.3, -0.25) is 5.32 Å². The molecule has 4 rings (SSSR count). The number of alkyl halides is 1. The zero-order valence-electron chi connectivity index (χ0n) is 13.7. The van der Waals surface area contributed by atoms with E-state index in [9.17, 15) is 5.11 Å². The van der Waals surface area contributed by atoms with Crippen LogP contribution < -0.4 is 5.32 Å². The van der Waals surface area contributed by atoms with Gasteiger partial charge in [-0.2, -0.15) is 0 Å². The quantitative estimate of drug-likeness (QED) is 0.452. The van der Waals surface area contributed by atoms with E-state index in [2.05, 4.69) is 15.3 Å². The van der Waals surface area contributed by atoms with Crippen molar-refractivity contribution in [3.8, 4) is 0 Å². The fourth-order valence-electron chi connectivity index (χ4n) is 3.24. The zero-order valence-corrected chi connectivity index (χ0v) is 15.9. The van der Waals surface area contributed by atoms with Gasteiger partial charge in [0.15, 0.2) is 6.35 Å². The summed E-state index contributed by atoms with van der Waals surface area (Å²) in [5, 5.41) is 14.7. The molecule has 0 spiro atoms. The molecule has 2 unspecified atom stereocenters. The first-order valence-corrected chi connectivity index (χ1v) is 9.42. The number of hydrogen-bond acceptors (Lipinski definition) is 4. The number of aliphatic hydroxyl groups is 1. The van der Waals surface area contributed by atoms with Gasteiger partial charge in [0.1, 0.15) is 11.3 Å². The summed E-state index contributed by atoms with van der Waals surface area (Å²) in [5.74, 6) is 0.753. The molecule has 1 saturated heterocycles. The van der Waals surface area contributed by atoms with Crippen molar-refractivity contribution in [2.75, 3.05) is 0 Å². The van der Waals surface area contributed by atoms with Gasteiger partial charge in [-0.25, -0.2) is 9.88 Å². The molecule has 0 radical (unpaired) electrons. The molecule has 3 N–H and O–H groups in total. The Kier molecular flexibility index (Phi) is 5.10. The molecule has 3 aromatic rings. The number of hydrogen-bond donors (Lipinski definition) is 3. The van der Waals surface area contributed by atoms with E-state index >= 15 is 0 Å². The standard InChI is InChI=1S/C18H17Cl3N4O/c19-11-6-5-10(12(20)8-11)7-15-17(21)25(18(26)24-15)9-16-22-13-3-1-2-4-14(13)23-16/h1-6,8,15,17-18,24,26H,7,9H2,(H,22,23)/t15-,17?,18?/m0/s1. The summed E-state index contributed by atoms with van der Waals surface area (Å²) < 4.78 is 0. The molecule has 2 heterocycles. The van der Waals surface area contributed by atoms with Crippen LogP contribution in [0.3, 0.4) is 0 Å². The topological polar surface area (TPSA) is 64.2 Å². The van der Waals surface area contributed by atoms with Gasteiger partial charge in [-0.1, -0.05) is 41.4 Å².